The Morgan fingerprint density at radius 3 is 2.62 bits per heavy atom. The lowest BCUT2D eigenvalue weighted by Crippen LogP contribution is -2.21. The molecule has 0 heterocycles. The minimum atomic E-state index is 0.576. The second kappa shape index (κ2) is 6.24. The Bertz CT molecular complexity index is 230. The summed E-state index contributed by atoms with van der Waals surface area (Å²) in [4.78, 5) is 4.45. The fourth-order valence-corrected chi connectivity index (χ4v) is 2.26. The van der Waals surface area contributed by atoms with Crippen LogP contribution in [0.15, 0.2) is 4.99 Å². The summed E-state index contributed by atoms with van der Waals surface area (Å²) in [6, 6.07) is 0. The summed E-state index contributed by atoms with van der Waals surface area (Å²) in [5.74, 6) is 2.33. The van der Waals surface area contributed by atoms with Gasteiger partial charge in [-0.15, -0.1) is 0 Å². The quantitative estimate of drug-likeness (QED) is 0.410. The number of hydrogen-bond acceptors (Lipinski definition) is 2. The van der Waals surface area contributed by atoms with Gasteiger partial charge in [-0.1, -0.05) is 12.8 Å². The maximum Gasteiger partial charge on any atom is 0.0968 e. The molecule has 2 N–H and O–H groups in total. The van der Waals surface area contributed by atoms with Crippen LogP contribution in [0.5, 0.6) is 0 Å². The zero-order chi connectivity index (χ0) is 11.2. The van der Waals surface area contributed by atoms with Crippen LogP contribution in [0.3, 0.4) is 0 Å². The minimum Gasteiger partial charge on any atom is -0.387 e. The van der Waals surface area contributed by atoms with Crippen molar-refractivity contribution in [3.63, 3.8) is 0 Å². The summed E-state index contributed by atoms with van der Waals surface area (Å²) < 4.78 is 5.55. The molecule has 2 fully saturated rings. The third-order valence-corrected chi connectivity index (χ3v) is 3.57. The Balaban J connectivity index is 1.49. The molecular weight excluding hydrogens is 200 g/mol. The number of aliphatic imine (C=N–C) groups is 1. The number of nitrogens with zero attached hydrogens (tertiary/aromatic N) is 1. The Morgan fingerprint density at radius 2 is 1.94 bits per heavy atom. The maximum atomic E-state index is 5.96. The molecule has 0 amide bonds. The zero-order valence-corrected chi connectivity index (χ0v) is 10.2. The number of rotatable bonds is 7. The van der Waals surface area contributed by atoms with Gasteiger partial charge in [-0.05, 0) is 38.0 Å². The molecule has 0 bridgehead atoms. The van der Waals surface area contributed by atoms with Crippen molar-refractivity contribution < 1.29 is 4.74 Å². The van der Waals surface area contributed by atoms with Crippen LogP contribution in [-0.2, 0) is 4.74 Å². The van der Waals surface area contributed by atoms with Crippen molar-refractivity contribution in [1.82, 2.24) is 0 Å². The van der Waals surface area contributed by atoms with Crippen molar-refractivity contribution >= 4 is 5.84 Å². The predicted molar refractivity (Wildman–Crippen MR) is 66.6 cm³/mol. The van der Waals surface area contributed by atoms with Crippen molar-refractivity contribution in [2.75, 3.05) is 19.8 Å². The average Bonchev–Trinajstić information content (AvgIpc) is 2.95. The average molecular weight is 224 g/mol. The van der Waals surface area contributed by atoms with Crippen LogP contribution >= 0.6 is 0 Å². The van der Waals surface area contributed by atoms with Gasteiger partial charge in [0.15, 0.2) is 0 Å². The van der Waals surface area contributed by atoms with Crippen LogP contribution in [0.25, 0.3) is 0 Å². The molecule has 0 unspecified atom stereocenters. The van der Waals surface area contributed by atoms with E-state index in [1.54, 1.807) is 0 Å². The predicted octanol–water partition coefficient (Wildman–Crippen LogP) is 2.35. The first-order chi connectivity index (χ1) is 7.86. The molecule has 16 heavy (non-hydrogen) atoms. The van der Waals surface area contributed by atoms with Crippen LogP contribution in [0.1, 0.15) is 44.9 Å². The highest BCUT2D eigenvalue weighted by molar-refractivity contribution is 5.83. The molecule has 3 heteroatoms. The molecule has 2 rings (SSSR count). The molecule has 2 saturated carbocycles. The molecule has 2 aliphatic carbocycles. The summed E-state index contributed by atoms with van der Waals surface area (Å²) in [6.45, 7) is 2.65. The topological polar surface area (TPSA) is 47.6 Å². The molecule has 0 aromatic rings. The lowest BCUT2D eigenvalue weighted by molar-refractivity contribution is 0.123. The van der Waals surface area contributed by atoms with E-state index in [9.17, 15) is 0 Å². The Labute approximate surface area is 98.5 Å². The summed E-state index contributed by atoms with van der Waals surface area (Å²) in [5.41, 5.74) is 5.96. The highest BCUT2D eigenvalue weighted by Gasteiger charge is 2.21. The third-order valence-electron chi connectivity index (χ3n) is 3.57. The van der Waals surface area contributed by atoms with Crippen molar-refractivity contribution in [3.8, 4) is 0 Å². The Morgan fingerprint density at radius 1 is 1.19 bits per heavy atom. The van der Waals surface area contributed by atoms with Crippen LogP contribution in [0, 0.1) is 11.8 Å². The number of ether oxygens (including phenoxy) is 1. The van der Waals surface area contributed by atoms with Crippen molar-refractivity contribution in [1.29, 1.82) is 0 Å². The van der Waals surface area contributed by atoms with Crippen LogP contribution in [-0.4, -0.2) is 25.6 Å². The summed E-state index contributed by atoms with van der Waals surface area (Å²) in [6.07, 6.45) is 8.89. The lowest BCUT2D eigenvalue weighted by Gasteiger charge is -2.08. The molecular formula is C13H24N2O. The van der Waals surface area contributed by atoms with Gasteiger partial charge in [0.05, 0.1) is 5.84 Å². The van der Waals surface area contributed by atoms with E-state index in [4.69, 9.17) is 10.5 Å². The molecule has 0 radical (unpaired) electrons. The van der Waals surface area contributed by atoms with E-state index in [0.29, 0.717) is 5.92 Å². The monoisotopic (exact) mass is 224 g/mol. The van der Waals surface area contributed by atoms with Gasteiger partial charge in [-0.2, -0.15) is 0 Å². The molecule has 0 aromatic heterocycles. The number of amidine groups is 1. The Kier molecular flexibility index (Phi) is 4.64. The minimum absolute atomic E-state index is 0.576. The second-order valence-electron chi connectivity index (χ2n) is 5.16. The van der Waals surface area contributed by atoms with E-state index in [1.807, 2.05) is 0 Å². The van der Waals surface area contributed by atoms with Crippen molar-refractivity contribution in [2.45, 2.75) is 44.9 Å². The van der Waals surface area contributed by atoms with Crippen LogP contribution in [0.2, 0.25) is 0 Å². The molecule has 0 saturated heterocycles. The largest absolute Gasteiger partial charge is 0.387 e. The van der Waals surface area contributed by atoms with E-state index < -0.39 is 0 Å². The van der Waals surface area contributed by atoms with Gasteiger partial charge in [0.1, 0.15) is 0 Å². The van der Waals surface area contributed by atoms with E-state index >= 15 is 0 Å². The van der Waals surface area contributed by atoms with Crippen molar-refractivity contribution in [3.05, 3.63) is 0 Å². The standard InChI is InChI=1S/C13H24N2O/c14-13(12-4-1-2-5-12)15-8-3-9-16-10-11-6-7-11/h11-12H,1-10H2,(H2,14,15). The van der Waals surface area contributed by atoms with Gasteiger partial charge < -0.3 is 10.5 Å². The maximum absolute atomic E-state index is 5.96. The number of hydrogen-bond donors (Lipinski definition) is 1. The van der Waals surface area contributed by atoms with Gasteiger partial charge >= 0.3 is 0 Å². The molecule has 0 aliphatic heterocycles. The fraction of sp³-hybridized carbons (Fsp3) is 0.923. The molecule has 0 aromatic carbocycles. The Hall–Kier alpha value is -0.570. The van der Waals surface area contributed by atoms with Gasteiger partial charge in [0, 0.05) is 25.7 Å². The highest BCUT2D eigenvalue weighted by atomic mass is 16.5. The molecule has 2 aliphatic rings. The fourth-order valence-electron chi connectivity index (χ4n) is 2.26. The lowest BCUT2D eigenvalue weighted by atomic mass is 10.1. The molecule has 0 atom stereocenters. The third kappa shape index (κ3) is 4.12. The van der Waals surface area contributed by atoms with Gasteiger partial charge in [-0.25, -0.2) is 0 Å². The first kappa shape index (κ1) is 11.9. The van der Waals surface area contributed by atoms with Gasteiger partial charge in [0.25, 0.3) is 0 Å². The smallest absolute Gasteiger partial charge is 0.0968 e. The highest BCUT2D eigenvalue weighted by Crippen LogP contribution is 2.28. The molecule has 3 nitrogen and oxygen atoms in total. The first-order valence-corrected chi connectivity index (χ1v) is 6.74. The molecule has 92 valence electrons. The van der Waals surface area contributed by atoms with Crippen LogP contribution < -0.4 is 5.73 Å². The molecule has 0 spiro atoms. The summed E-state index contributed by atoms with van der Waals surface area (Å²) in [5, 5.41) is 0. The summed E-state index contributed by atoms with van der Waals surface area (Å²) in [7, 11) is 0. The van der Waals surface area contributed by atoms with E-state index in [1.165, 1.54) is 38.5 Å². The second-order valence-corrected chi connectivity index (χ2v) is 5.16. The zero-order valence-electron chi connectivity index (χ0n) is 10.2. The van der Waals surface area contributed by atoms with E-state index in [-0.39, 0.29) is 0 Å². The number of nitrogens with two attached hydrogens (primary N) is 1. The van der Waals surface area contributed by atoms with E-state index in [0.717, 1.165) is 37.9 Å². The van der Waals surface area contributed by atoms with Crippen molar-refractivity contribution in [2.24, 2.45) is 22.6 Å². The van der Waals surface area contributed by atoms with Crippen LogP contribution in [0.4, 0.5) is 0 Å². The van der Waals surface area contributed by atoms with E-state index in [2.05, 4.69) is 4.99 Å². The van der Waals surface area contributed by atoms with Gasteiger partial charge in [0.2, 0.25) is 0 Å². The van der Waals surface area contributed by atoms with Gasteiger partial charge in [-0.3, -0.25) is 4.99 Å². The summed E-state index contributed by atoms with van der Waals surface area (Å²) >= 11 is 0. The SMILES string of the molecule is NC(=NCCCOCC1CC1)C1CCCC1. The normalized spacial score (nSPS) is 22.9. The first-order valence-electron chi connectivity index (χ1n) is 6.74.